The van der Waals surface area contributed by atoms with E-state index in [1.54, 1.807) is 7.11 Å². The third kappa shape index (κ3) is 4.52. The molecule has 2 aromatic carbocycles. The van der Waals surface area contributed by atoms with Crippen molar-refractivity contribution in [2.45, 2.75) is 26.3 Å². The van der Waals surface area contributed by atoms with Gasteiger partial charge in [0.2, 0.25) is 0 Å². The minimum Gasteiger partial charge on any atom is -0.497 e. The number of aromatic nitrogens is 4. The molecule has 10 nitrogen and oxygen atoms in total. The molecule has 0 fully saturated rings. The first-order valence-electron chi connectivity index (χ1n) is 11.4. The predicted molar refractivity (Wildman–Crippen MR) is 131 cm³/mol. The smallest absolute Gasteiger partial charge is 0.378 e. The van der Waals surface area contributed by atoms with Crippen molar-refractivity contribution in [3.05, 3.63) is 89.0 Å². The van der Waals surface area contributed by atoms with Gasteiger partial charge in [0.1, 0.15) is 5.75 Å². The number of fused-ring (bicyclic) bond motifs is 1. The van der Waals surface area contributed by atoms with Crippen LogP contribution in [0.1, 0.15) is 45.6 Å². The van der Waals surface area contributed by atoms with Crippen LogP contribution in [0.3, 0.4) is 0 Å². The number of carbonyl (C=O) groups excluding carboxylic acids is 2. The van der Waals surface area contributed by atoms with E-state index in [1.165, 1.54) is 9.52 Å². The van der Waals surface area contributed by atoms with E-state index >= 15 is 0 Å². The zero-order chi connectivity index (χ0) is 25.2. The lowest BCUT2D eigenvalue weighted by Gasteiger charge is -2.22. The maximum absolute atomic E-state index is 13.2. The van der Waals surface area contributed by atoms with Crippen molar-refractivity contribution in [3.63, 3.8) is 0 Å². The molecular formula is C26H24N6O4. The van der Waals surface area contributed by atoms with Crippen molar-refractivity contribution in [1.29, 1.82) is 0 Å². The van der Waals surface area contributed by atoms with Crippen molar-refractivity contribution >= 4 is 23.4 Å². The number of nitrogens with zero attached hydrogens (tertiary/aromatic N) is 6. The summed E-state index contributed by atoms with van der Waals surface area (Å²) in [6, 6.07) is 18.6. The first-order chi connectivity index (χ1) is 17.4. The Kier molecular flexibility index (Phi) is 6.16. The van der Waals surface area contributed by atoms with Crippen LogP contribution in [0.2, 0.25) is 0 Å². The van der Waals surface area contributed by atoms with Gasteiger partial charge < -0.3 is 9.47 Å². The lowest BCUT2D eigenvalue weighted by Crippen LogP contribution is -2.31. The number of hydrazone groups is 1. The molecule has 0 aliphatic carbocycles. The minimum atomic E-state index is -0.807. The Morgan fingerprint density at radius 2 is 1.78 bits per heavy atom. The Bertz CT molecular complexity index is 1460. The van der Waals surface area contributed by atoms with Gasteiger partial charge in [-0.3, -0.25) is 4.79 Å². The summed E-state index contributed by atoms with van der Waals surface area (Å²) in [5.41, 5.74) is 4.13. The molecule has 10 heteroatoms. The summed E-state index contributed by atoms with van der Waals surface area (Å²) in [6.07, 6.45) is 0.522. The molecule has 182 valence electrons. The summed E-state index contributed by atoms with van der Waals surface area (Å²) >= 11 is 0. The lowest BCUT2D eigenvalue weighted by molar-refractivity contribution is -0.136. The van der Waals surface area contributed by atoms with Crippen LogP contribution in [0.15, 0.2) is 65.8 Å². The number of amides is 1. The second kappa shape index (κ2) is 9.57. The molecule has 4 aromatic rings. The largest absolute Gasteiger partial charge is 0.497 e. The molecule has 36 heavy (non-hydrogen) atoms. The highest BCUT2D eigenvalue weighted by atomic mass is 16.5. The Balaban J connectivity index is 1.35. The molecule has 0 unspecified atom stereocenters. The fourth-order valence-electron chi connectivity index (χ4n) is 4.14. The molecule has 1 atom stereocenters. The average Bonchev–Trinajstić information content (AvgIpc) is 3.53. The summed E-state index contributed by atoms with van der Waals surface area (Å²) in [4.78, 5) is 34.2. The normalized spacial score (nSPS) is 15.1. The van der Waals surface area contributed by atoms with Crippen LogP contribution >= 0.6 is 0 Å². The van der Waals surface area contributed by atoms with Gasteiger partial charge in [-0.1, -0.05) is 42.5 Å². The molecule has 0 spiro atoms. The second-order valence-corrected chi connectivity index (χ2v) is 8.41. The average molecular weight is 485 g/mol. The van der Waals surface area contributed by atoms with E-state index in [0.717, 1.165) is 28.2 Å². The number of aryl methyl sites for hydroxylation is 2. The fraction of sp³-hybridized carbons (Fsp3) is 0.231. The molecule has 3 heterocycles. The van der Waals surface area contributed by atoms with Crippen molar-refractivity contribution in [2.24, 2.45) is 5.10 Å². The van der Waals surface area contributed by atoms with Gasteiger partial charge in [-0.2, -0.15) is 10.1 Å². The SMILES string of the molecule is COc1ccc([C@@H]2CC(c3ccccc3)=NN2C(=O)COC(=O)c2nc3nc(C)cc(C)n3n2)cc1. The van der Waals surface area contributed by atoms with Gasteiger partial charge in [0.15, 0.2) is 6.61 Å². The van der Waals surface area contributed by atoms with Crippen molar-refractivity contribution in [3.8, 4) is 5.75 Å². The maximum atomic E-state index is 13.2. The van der Waals surface area contributed by atoms with E-state index in [4.69, 9.17) is 9.47 Å². The minimum absolute atomic E-state index is 0.161. The van der Waals surface area contributed by atoms with Crippen molar-refractivity contribution < 1.29 is 19.1 Å². The quantitative estimate of drug-likeness (QED) is 0.386. The number of carbonyl (C=O) groups is 2. The van der Waals surface area contributed by atoms with Crippen LogP contribution in [0.5, 0.6) is 5.75 Å². The lowest BCUT2D eigenvalue weighted by atomic mass is 9.98. The van der Waals surface area contributed by atoms with E-state index in [1.807, 2.05) is 74.5 Å². The monoisotopic (exact) mass is 484 g/mol. The molecule has 0 saturated carbocycles. The number of esters is 1. The first kappa shape index (κ1) is 23.2. The van der Waals surface area contributed by atoms with Crippen LogP contribution in [0.4, 0.5) is 0 Å². The number of benzene rings is 2. The highest BCUT2D eigenvalue weighted by molar-refractivity contribution is 6.03. The highest BCUT2D eigenvalue weighted by Crippen LogP contribution is 2.33. The van der Waals surface area contributed by atoms with Gasteiger partial charge in [0.25, 0.3) is 17.5 Å². The third-order valence-corrected chi connectivity index (χ3v) is 5.90. The second-order valence-electron chi connectivity index (χ2n) is 8.41. The van der Waals surface area contributed by atoms with E-state index in [0.29, 0.717) is 17.9 Å². The summed E-state index contributed by atoms with van der Waals surface area (Å²) in [5.74, 6) is -0.414. The molecular weight excluding hydrogens is 460 g/mol. The fourth-order valence-corrected chi connectivity index (χ4v) is 4.14. The number of hydrogen-bond acceptors (Lipinski definition) is 8. The zero-order valence-corrected chi connectivity index (χ0v) is 20.1. The van der Waals surface area contributed by atoms with Crippen molar-refractivity contribution in [2.75, 3.05) is 13.7 Å². The molecule has 5 rings (SSSR count). The summed E-state index contributed by atoms with van der Waals surface area (Å²) in [5, 5.41) is 10.1. The molecule has 1 aliphatic heterocycles. The maximum Gasteiger partial charge on any atom is 0.378 e. The number of rotatable bonds is 6. The van der Waals surface area contributed by atoms with Gasteiger partial charge in [0, 0.05) is 17.8 Å². The molecule has 1 amide bonds. The Morgan fingerprint density at radius 3 is 2.50 bits per heavy atom. The summed E-state index contributed by atoms with van der Waals surface area (Å²) < 4.78 is 12.0. The van der Waals surface area contributed by atoms with Crippen LogP contribution in [-0.2, 0) is 9.53 Å². The molecule has 2 aromatic heterocycles. The van der Waals surface area contributed by atoms with Gasteiger partial charge in [-0.05, 0) is 43.2 Å². The van der Waals surface area contributed by atoms with Crippen LogP contribution in [0.25, 0.3) is 5.78 Å². The Labute approximate surface area is 207 Å². The first-order valence-corrected chi connectivity index (χ1v) is 11.4. The van der Waals surface area contributed by atoms with E-state index in [9.17, 15) is 9.59 Å². The topological polar surface area (TPSA) is 111 Å². The molecule has 0 N–H and O–H groups in total. The zero-order valence-electron chi connectivity index (χ0n) is 20.1. The highest BCUT2D eigenvalue weighted by Gasteiger charge is 2.34. The summed E-state index contributed by atoms with van der Waals surface area (Å²) in [7, 11) is 1.60. The Hall–Kier alpha value is -4.60. The van der Waals surface area contributed by atoms with Gasteiger partial charge in [-0.25, -0.2) is 19.3 Å². The van der Waals surface area contributed by atoms with E-state index < -0.39 is 18.5 Å². The number of ether oxygens (including phenoxy) is 2. The van der Waals surface area contributed by atoms with E-state index in [2.05, 4.69) is 20.2 Å². The van der Waals surface area contributed by atoms with Crippen LogP contribution < -0.4 is 4.74 Å². The van der Waals surface area contributed by atoms with E-state index in [-0.39, 0.29) is 11.9 Å². The van der Waals surface area contributed by atoms with Gasteiger partial charge in [-0.15, -0.1) is 5.10 Å². The predicted octanol–water partition coefficient (Wildman–Crippen LogP) is 3.28. The van der Waals surface area contributed by atoms with Crippen molar-refractivity contribution in [1.82, 2.24) is 24.6 Å². The summed E-state index contributed by atoms with van der Waals surface area (Å²) in [6.45, 7) is 3.17. The molecule has 0 saturated heterocycles. The number of methoxy groups -OCH3 is 1. The Morgan fingerprint density at radius 1 is 1.03 bits per heavy atom. The molecule has 0 radical (unpaired) electrons. The van der Waals surface area contributed by atoms with Gasteiger partial charge in [0.05, 0.1) is 18.9 Å². The third-order valence-electron chi connectivity index (χ3n) is 5.90. The van der Waals surface area contributed by atoms with Gasteiger partial charge >= 0.3 is 5.97 Å². The molecule has 1 aliphatic rings. The molecule has 0 bridgehead atoms. The number of hydrogen-bond donors (Lipinski definition) is 0. The van der Waals surface area contributed by atoms with Crippen LogP contribution in [-0.4, -0.2) is 55.9 Å². The van der Waals surface area contributed by atoms with Crippen LogP contribution in [0, 0.1) is 13.8 Å². The standard InChI is InChI=1S/C26H24N6O4/c1-16-13-17(2)31-26(27-16)28-24(30-31)25(34)36-15-23(33)32-22(19-9-11-20(35-3)12-10-19)14-21(29-32)18-7-5-4-6-8-18/h4-13,22H,14-15H2,1-3H3/t22-/m0/s1.